The van der Waals surface area contributed by atoms with Gasteiger partial charge in [0, 0.05) is 5.56 Å². The molecule has 2 heteroatoms. The first-order chi connectivity index (χ1) is 6.72. The maximum Gasteiger partial charge on any atom is 0.0992 e. The Labute approximate surface area is 84.8 Å². The molecule has 0 aliphatic heterocycles. The molecule has 1 aromatic carbocycles. The monoisotopic (exact) mass is 184 g/mol. The third-order valence-electron chi connectivity index (χ3n) is 1.62. The normalized spacial score (nSPS) is 9.00. The van der Waals surface area contributed by atoms with Crippen LogP contribution in [0, 0.1) is 23.2 Å². The Morgan fingerprint density at radius 3 is 2.64 bits per heavy atom. The van der Waals surface area contributed by atoms with Crippen molar-refractivity contribution >= 4 is 0 Å². The first-order valence-electron chi connectivity index (χ1n) is 4.36. The van der Waals surface area contributed by atoms with Crippen LogP contribution < -0.4 is 0 Å². The van der Waals surface area contributed by atoms with Gasteiger partial charge >= 0.3 is 0 Å². The zero-order valence-electron chi connectivity index (χ0n) is 8.41. The van der Waals surface area contributed by atoms with Crippen molar-refractivity contribution in [3.05, 3.63) is 35.4 Å². The maximum atomic E-state index is 8.67. The molecule has 1 aromatic rings. The van der Waals surface area contributed by atoms with Gasteiger partial charge in [-0.1, -0.05) is 17.9 Å². The lowest BCUT2D eigenvalue weighted by molar-refractivity contribution is 0.464. The second kappa shape index (κ2) is 5.07. The third-order valence-corrected chi connectivity index (χ3v) is 1.62. The number of nitriles is 1. The number of nitrogens with zero attached hydrogens (tertiary/aromatic N) is 2. The summed E-state index contributed by atoms with van der Waals surface area (Å²) >= 11 is 0. The molecule has 0 saturated carbocycles. The van der Waals surface area contributed by atoms with Crippen molar-refractivity contribution in [2.75, 3.05) is 20.6 Å². The van der Waals surface area contributed by atoms with Crippen molar-refractivity contribution in [3.63, 3.8) is 0 Å². The van der Waals surface area contributed by atoms with Crippen molar-refractivity contribution < 1.29 is 0 Å². The van der Waals surface area contributed by atoms with Crippen LogP contribution in [0.4, 0.5) is 0 Å². The smallest absolute Gasteiger partial charge is 0.0992 e. The summed E-state index contributed by atoms with van der Waals surface area (Å²) in [6.45, 7) is 0.733. The minimum absolute atomic E-state index is 0.654. The average molecular weight is 184 g/mol. The molecular weight excluding hydrogens is 172 g/mol. The Morgan fingerprint density at radius 1 is 1.29 bits per heavy atom. The molecule has 0 bridgehead atoms. The van der Waals surface area contributed by atoms with Crippen LogP contribution in [0.2, 0.25) is 0 Å². The van der Waals surface area contributed by atoms with Gasteiger partial charge in [-0.05, 0) is 32.3 Å². The molecule has 70 valence electrons. The van der Waals surface area contributed by atoms with E-state index in [0.717, 1.165) is 12.1 Å². The Kier molecular flexibility index (Phi) is 3.73. The Morgan fingerprint density at radius 2 is 2.00 bits per heavy atom. The fraction of sp³-hybridized carbons (Fsp3) is 0.250. The highest BCUT2D eigenvalue weighted by Crippen LogP contribution is 2.01. The second-order valence-corrected chi connectivity index (χ2v) is 3.23. The molecule has 0 aliphatic rings. The summed E-state index contributed by atoms with van der Waals surface area (Å²) in [6, 6.07) is 9.41. The van der Waals surface area contributed by atoms with Gasteiger partial charge in [-0.3, -0.25) is 4.90 Å². The standard InChI is InChI=1S/C12H12N2/c1-14(2)8-4-7-11-5-3-6-12(9-11)10-13/h3,5-6,9H,8H2,1-2H3. The van der Waals surface area contributed by atoms with E-state index >= 15 is 0 Å². The summed E-state index contributed by atoms with van der Waals surface area (Å²) in [7, 11) is 3.95. The van der Waals surface area contributed by atoms with Crippen molar-refractivity contribution in [2.45, 2.75) is 0 Å². The molecule has 14 heavy (non-hydrogen) atoms. The summed E-state index contributed by atoms with van der Waals surface area (Å²) < 4.78 is 0. The van der Waals surface area contributed by atoms with E-state index < -0.39 is 0 Å². The van der Waals surface area contributed by atoms with Gasteiger partial charge in [-0.2, -0.15) is 5.26 Å². The van der Waals surface area contributed by atoms with Gasteiger partial charge in [0.1, 0.15) is 0 Å². The van der Waals surface area contributed by atoms with Crippen LogP contribution in [0.1, 0.15) is 11.1 Å². The molecular formula is C12H12N2. The van der Waals surface area contributed by atoms with Crippen molar-refractivity contribution in [2.24, 2.45) is 0 Å². The first kappa shape index (κ1) is 10.3. The Bertz CT molecular complexity index is 402. The maximum absolute atomic E-state index is 8.67. The summed E-state index contributed by atoms with van der Waals surface area (Å²) in [6.07, 6.45) is 0. The second-order valence-electron chi connectivity index (χ2n) is 3.23. The Balaban J connectivity index is 2.76. The highest BCUT2D eigenvalue weighted by Gasteiger charge is 1.90. The molecule has 0 fully saturated rings. The zero-order chi connectivity index (χ0) is 10.4. The van der Waals surface area contributed by atoms with Gasteiger partial charge in [-0.15, -0.1) is 0 Å². The molecule has 0 radical (unpaired) electrons. The highest BCUT2D eigenvalue weighted by atomic mass is 15.0. The van der Waals surface area contributed by atoms with Crippen LogP contribution in [-0.4, -0.2) is 25.5 Å². The number of rotatable bonds is 1. The first-order valence-corrected chi connectivity index (χ1v) is 4.36. The van der Waals surface area contributed by atoms with E-state index in [1.165, 1.54) is 0 Å². The molecule has 0 N–H and O–H groups in total. The van der Waals surface area contributed by atoms with E-state index in [9.17, 15) is 0 Å². The van der Waals surface area contributed by atoms with Gasteiger partial charge in [-0.25, -0.2) is 0 Å². The quantitative estimate of drug-likeness (QED) is 0.618. The van der Waals surface area contributed by atoms with Crippen LogP contribution >= 0.6 is 0 Å². The van der Waals surface area contributed by atoms with Crippen molar-refractivity contribution in [1.82, 2.24) is 4.90 Å². The van der Waals surface area contributed by atoms with Crippen LogP contribution in [0.3, 0.4) is 0 Å². The Hall–Kier alpha value is -1.77. The largest absolute Gasteiger partial charge is 0.299 e. The summed E-state index contributed by atoms with van der Waals surface area (Å²) in [4.78, 5) is 2.00. The molecule has 0 spiro atoms. The van der Waals surface area contributed by atoms with Crippen molar-refractivity contribution in [1.29, 1.82) is 5.26 Å². The predicted molar refractivity (Wildman–Crippen MR) is 56.6 cm³/mol. The van der Waals surface area contributed by atoms with Crippen LogP contribution in [-0.2, 0) is 0 Å². The summed E-state index contributed by atoms with van der Waals surface area (Å²) in [5, 5.41) is 8.67. The van der Waals surface area contributed by atoms with Crippen LogP contribution in [0.5, 0.6) is 0 Å². The lowest BCUT2D eigenvalue weighted by Crippen LogP contribution is -2.10. The lowest BCUT2D eigenvalue weighted by Gasteiger charge is -2.00. The van der Waals surface area contributed by atoms with E-state index in [1.54, 1.807) is 12.1 Å². The van der Waals surface area contributed by atoms with Crippen LogP contribution in [0.25, 0.3) is 0 Å². The third kappa shape index (κ3) is 3.31. The molecule has 0 saturated heterocycles. The highest BCUT2D eigenvalue weighted by molar-refractivity contribution is 5.41. The fourth-order valence-corrected chi connectivity index (χ4v) is 0.966. The van der Waals surface area contributed by atoms with E-state index in [2.05, 4.69) is 17.9 Å². The fourth-order valence-electron chi connectivity index (χ4n) is 0.966. The summed E-state index contributed by atoms with van der Waals surface area (Å²) in [5.74, 6) is 6.03. The van der Waals surface area contributed by atoms with E-state index in [1.807, 2.05) is 31.1 Å². The molecule has 0 atom stereocenters. The molecule has 2 nitrogen and oxygen atoms in total. The molecule has 0 aromatic heterocycles. The molecule has 0 amide bonds. The van der Waals surface area contributed by atoms with Gasteiger partial charge in [0.25, 0.3) is 0 Å². The van der Waals surface area contributed by atoms with Gasteiger partial charge in [0.15, 0.2) is 0 Å². The van der Waals surface area contributed by atoms with E-state index in [-0.39, 0.29) is 0 Å². The number of hydrogen-bond acceptors (Lipinski definition) is 2. The number of benzene rings is 1. The minimum atomic E-state index is 0.654. The van der Waals surface area contributed by atoms with E-state index in [4.69, 9.17) is 5.26 Å². The predicted octanol–water partition coefficient (Wildman–Crippen LogP) is 1.47. The van der Waals surface area contributed by atoms with Gasteiger partial charge in [0.05, 0.1) is 18.2 Å². The molecule has 0 aliphatic carbocycles. The topological polar surface area (TPSA) is 27.0 Å². The number of hydrogen-bond donors (Lipinski definition) is 0. The molecule has 0 unspecified atom stereocenters. The molecule has 1 rings (SSSR count). The van der Waals surface area contributed by atoms with E-state index in [0.29, 0.717) is 5.56 Å². The minimum Gasteiger partial charge on any atom is -0.299 e. The van der Waals surface area contributed by atoms with Crippen LogP contribution in [0.15, 0.2) is 24.3 Å². The zero-order valence-corrected chi connectivity index (χ0v) is 8.41. The van der Waals surface area contributed by atoms with Gasteiger partial charge in [0.2, 0.25) is 0 Å². The van der Waals surface area contributed by atoms with Gasteiger partial charge < -0.3 is 0 Å². The summed E-state index contributed by atoms with van der Waals surface area (Å²) in [5.41, 5.74) is 1.55. The lowest BCUT2D eigenvalue weighted by atomic mass is 10.1. The average Bonchev–Trinajstić information content (AvgIpc) is 2.18. The SMILES string of the molecule is CN(C)CC#Cc1cccc(C#N)c1. The van der Waals surface area contributed by atoms with Crippen molar-refractivity contribution in [3.8, 4) is 17.9 Å². The molecule has 0 heterocycles.